The van der Waals surface area contributed by atoms with Gasteiger partial charge in [0.1, 0.15) is 12.4 Å². The van der Waals surface area contributed by atoms with Gasteiger partial charge in [-0.3, -0.25) is 10.1 Å². The van der Waals surface area contributed by atoms with E-state index in [2.05, 4.69) is 29.4 Å². The number of anilines is 1. The van der Waals surface area contributed by atoms with Crippen molar-refractivity contribution in [2.45, 2.75) is 24.8 Å². The van der Waals surface area contributed by atoms with Crippen LogP contribution in [0.3, 0.4) is 0 Å². The van der Waals surface area contributed by atoms with Gasteiger partial charge in [0.25, 0.3) is 5.91 Å². The van der Waals surface area contributed by atoms with Gasteiger partial charge < -0.3 is 4.74 Å². The third-order valence-electron chi connectivity index (χ3n) is 3.59. The van der Waals surface area contributed by atoms with E-state index in [-0.39, 0.29) is 5.91 Å². The Hall–Kier alpha value is -2.09. The summed E-state index contributed by atoms with van der Waals surface area (Å²) in [5.41, 5.74) is 1.37. The van der Waals surface area contributed by atoms with Gasteiger partial charge in [-0.1, -0.05) is 78.9 Å². The van der Waals surface area contributed by atoms with Crippen molar-refractivity contribution in [3.8, 4) is 5.75 Å². The Kier molecular flexibility index (Phi) is 7.30. The first kappa shape index (κ1) is 20.6. The van der Waals surface area contributed by atoms with E-state index in [1.165, 1.54) is 11.3 Å². The molecule has 146 valence electrons. The zero-order chi connectivity index (χ0) is 19.9. The molecule has 0 aliphatic carbocycles. The van der Waals surface area contributed by atoms with Crippen LogP contribution in [0.5, 0.6) is 5.75 Å². The first-order valence-electron chi connectivity index (χ1n) is 8.75. The maximum atomic E-state index is 12.8. The zero-order valence-electron chi connectivity index (χ0n) is 15.5. The summed E-state index contributed by atoms with van der Waals surface area (Å²) in [6.07, 6.45) is 0. The number of aromatic nitrogens is 2. The lowest BCUT2D eigenvalue weighted by molar-refractivity contribution is 0.102. The maximum absolute atomic E-state index is 12.8. The Morgan fingerprint density at radius 3 is 2.75 bits per heavy atom. The van der Waals surface area contributed by atoms with E-state index in [4.69, 9.17) is 16.3 Å². The molecule has 1 amide bonds. The summed E-state index contributed by atoms with van der Waals surface area (Å²) < 4.78 is 6.68. The van der Waals surface area contributed by atoms with Gasteiger partial charge in [-0.05, 0) is 29.7 Å². The Bertz CT molecular complexity index is 932. The van der Waals surface area contributed by atoms with Crippen LogP contribution < -0.4 is 10.1 Å². The Morgan fingerprint density at radius 2 is 2.00 bits per heavy atom. The highest BCUT2D eigenvalue weighted by molar-refractivity contribution is 8.01. The van der Waals surface area contributed by atoms with Gasteiger partial charge in [-0.2, -0.15) is 0 Å². The number of hydrogen-bond donors (Lipinski definition) is 1. The second-order valence-electron chi connectivity index (χ2n) is 6.45. The predicted octanol–water partition coefficient (Wildman–Crippen LogP) is 5.77. The molecule has 0 saturated heterocycles. The van der Waals surface area contributed by atoms with Crippen LogP contribution in [0.15, 0.2) is 52.9 Å². The highest BCUT2D eigenvalue weighted by Gasteiger charge is 2.16. The third kappa shape index (κ3) is 5.95. The first-order valence-corrected chi connectivity index (χ1v) is 10.9. The first-order chi connectivity index (χ1) is 13.5. The van der Waals surface area contributed by atoms with Crippen LogP contribution in [-0.2, 0) is 6.61 Å². The molecule has 0 saturated carbocycles. The lowest BCUT2D eigenvalue weighted by atomic mass is 10.2. The van der Waals surface area contributed by atoms with Gasteiger partial charge >= 0.3 is 0 Å². The molecule has 1 heterocycles. The highest BCUT2D eigenvalue weighted by Crippen LogP contribution is 2.29. The van der Waals surface area contributed by atoms with Crippen LogP contribution in [0.2, 0.25) is 5.02 Å². The largest absolute Gasteiger partial charge is 0.488 e. The average Bonchev–Trinajstić information content (AvgIpc) is 3.13. The maximum Gasteiger partial charge on any atom is 0.261 e. The van der Waals surface area contributed by atoms with Crippen molar-refractivity contribution in [2.24, 2.45) is 5.92 Å². The van der Waals surface area contributed by atoms with Gasteiger partial charge in [-0.25, -0.2) is 0 Å². The summed E-state index contributed by atoms with van der Waals surface area (Å²) in [7, 11) is 0. The molecule has 0 aliphatic rings. The number of nitrogens with zero attached hydrogens (tertiary/aromatic N) is 2. The minimum absolute atomic E-state index is 0.331. The molecule has 3 rings (SSSR count). The number of carbonyl (C=O) groups excluding carboxylic acids is 1. The van der Waals surface area contributed by atoms with E-state index < -0.39 is 0 Å². The molecule has 1 N–H and O–H groups in total. The number of ether oxygens (including phenoxy) is 1. The second kappa shape index (κ2) is 9.91. The molecule has 0 bridgehead atoms. The molecule has 0 unspecified atom stereocenters. The summed E-state index contributed by atoms with van der Waals surface area (Å²) in [5, 5.41) is 11.9. The number of thioether (sulfide) groups is 1. The quantitative estimate of drug-likeness (QED) is 0.360. The number of hydrogen-bond acceptors (Lipinski definition) is 6. The number of nitrogens with one attached hydrogen (secondary N) is 1. The van der Waals surface area contributed by atoms with Crippen molar-refractivity contribution < 1.29 is 9.53 Å². The van der Waals surface area contributed by atoms with Gasteiger partial charge in [0.05, 0.1) is 5.56 Å². The van der Waals surface area contributed by atoms with Crippen molar-refractivity contribution in [3.63, 3.8) is 0 Å². The van der Waals surface area contributed by atoms with E-state index in [1.807, 2.05) is 30.3 Å². The Balaban J connectivity index is 1.69. The smallest absolute Gasteiger partial charge is 0.261 e. The molecule has 0 spiro atoms. The third-order valence-corrected chi connectivity index (χ3v) is 6.22. The van der Waals surface area contributed by atoms with Crippen LogP contribution in [-0.4, -0.2) is 21.9 Å². The predicted molar refractivity (Wildman–Crippen MR) is 116 cm³/mol. The van der Waals surface area contributed by atoms with Gasteiger partial charge in [0, 0.05) is 10.8 Å². The fraction of sp³-hybridized carbons (Fsp3) is 0.250. The molecule has 0 aliphatic heterocycles. The van der Waals surface area contributed by atoms with Crippen molar-refractivity contribution in [3.05, 3.63) is 64.7 Å². The van der Waals surface area contributed by atoms with Crippen molar-refractivity contribution >= 4 is 45.7 Å². The van der Waals surface area contributed by atoms with Crippen molar-refractivity contribution in [2.75, 3.05) is 11.1 Å². The topological polar surface area (TPSA) is 64.1 Å². The summed E-state index contributed by atoms with van der Waals surface area (Å²) in [6, 6.07) is 14.7. The summed E-state index contributed by atoms with van der Waals surface area (Å²) >= 11 is 9.08. The van der Waals surface area contributed by atoms with Crippen molar-refractivity contribution in [1.29, 1.82) is 0 Å². The number of amides is 1. The number of benzene rings is 2. The monoisotopic (exact) mass is 433 g/mol. The minimum atomic E-state index is -0.331. The molecule has 0 atom stereocenters. The molecule has 28 heavy (non-hydrogen) atoms. The summed E-state index contributed by atoms with van der Waals surface area (Å²) in [5.74, 6) is 1.64. The normalized spacial score (nSPS) is 10.9. The number of halogens is 1. The fourth-order valence-corrected chi connectivity index (χ4v) is 4.16. The minimum Gasteiger partial charge on any atom is -0.488 e. The second-order valence-corrected chi connectivity index (χ2v) is 9.13. The standard InChI is InChI=1S/C20H20ClN3O2S2/c1-13(2)12-27-20-24-23-19(28-20)22-18(25)16-10-15(21)8-9-17(16)26-11-14-6-4-3-5-7-14/h3-10,13H,11-12H2,1-2H3,(H,22,23,25). The highest BCUT2D eigenvalue weighted by atomic mass is 35.5. The summed E-state index contributed by atoms with van der Waals surface area (Å²) in [6.45, 7) is 4.65. The number of rotatable bonds is 8. The van der Waals surface area contributed by atoms with E-state index in [1.54, 1.807) is 30.0 Å². The molecule has 0 fully saturated rings. The SMILES string of the molecule is CC(C)CSc1nnc(NC(=O)c2cc(Cl)ccc2OCc2ccccc2)s1. The van der Waals surface area contributed by atoms with Crippen LogP contribution in [0.4, 0.5) is 5.13 Å². The van der Waals surface area contributed by atoms with E-state index in [0.29, 0.717) is 34.0 Å². The molecular formula is C20H20ClN3O2S2. The van der Waals surface area contributed by atoms with Crippen LogP contribution >= 0.6 is 34.7 Å². The molecule has 8 heteroatoms. The van der Waals surface area contributed by atoms with Gasteiger partial charge in [0.2, 0.25) is 5.13 Å². The van der Waals surface area contributed by atoms with Gasteiger partial charge in [0.15, 0.2) is 4.34 Å². The van der Waals surface area contributed by atoms with E-state index >= 15 is 0 Å². The van der Waals surface area contributed by atoms with E-state index in [0.717, 1.165) is 15.7 Å². The molecule has 5 nitrogen and oxygen atoms in total. The average molecular weight is 434 g/mol. The van der Waals surface area contributed by atoms with Crippen molar-refractivity contribution in [1.82, 2.24) is 10.2 Å². The lowest BCUT2D eigenvalue weighted by Gasteiger charge is -2.11. The molecule has 3 aromatic rings. The lowest BCUT2D eigenvalue weighted by Crippen LogP contribution is -2.13. The Labute approximate surface area is 177 Å². The molecule has 2 aromatic carbocycles. The fourth-order valence-electron chi connectivity index (χ4n) is 2.26. The molecule has 1 aromatic heterocycles. The van der Waals surface area contributed by atoms with Crippen LogP contribution in [0.1, 0.15) is 29.8 Å². The van der Waals surface area contributed by atoms with Gasteiger partial charge in [-0.15, -0.1) is 10.2 Å². The van der Waals surface area contributed by atoms with Crippen LogP contribution in [0.25, 0.3) is 0 Å². The van der Waals surface area contributed by atoms with E-state index in [9.17, 15) is 4.79 Å². The summed E-state index contributed by atoms with van der Waals surface area (Å²) in [4.78, 5) is 12.8. The van der Waals surface area contributed by atoms with Crippen LogP contribution in [0, 0.1) is 5.92 Å². The zero-order valence-corrected chi connectivity index (χ0v) is 17.9. The number of carbonyl (C=O) groups is 1. The molecular weight excluding hydrogens is 414 g/mol. The Morgan fingerprint density at radius 1 is 1.21 bits per heavy atom. The molecule has 0 radical (unpaired) electrons.